The van der Waals surface area contributed by atoms with Gasteiger partial charge in [0.25, 0.3) is 0 Å². The van der Waals surface area contributed by atoms with Crippen molar-refractivity contribution in [2.45, 2.75) is 20.8 Å². The first-order valence-corrected chi connectivity index (χ1v) is 7.90. The van der Waals surface area contributed by atoms with Crippen LogP contribution in [0.1, 0.15) is 20.8 Å². The van der Waals surface area contributed by atoms with Crippen molar-refractivity contribution in [1.29, 1.82) is 0 Å². The predicted octanol–water partition coefficient (Wildman–Crippen LogP) is 1.17. The standard InChI is InChI=1S/C9H22NO2S2/c1-5-10(6-2,7-3)8-9-12-14(4,11)13/h5-9H2,1-4H3/q+1. The average molecular weight is 240 g/mol. The maximum absolute atomic E-state index is 11.1. The fourth-order valence-electron chi connectivity index (χ4n) is 1.53. The Balaban J connectivity index is 4.08. The van der Waals surface area contributed by atoms with Gasteiger partial charge in [-0.2, -0.15) is 0 Å². The Labute approximate surface area is 92.9 Å². The lowest BCUT2D eigenvalue weighted by atomic mass is 10.3. The summed E-state index contributed by atoms with van der Waals surface area (Å²) in [7, 11) is -2.45. The van der Waals surface area contributed by atoms with Crippen molar-refractivity contribution in [3.63, 3.8) is 0 Å². The summed E-state index contributed by atoms with van der Waals surface area (Å²) in [6, 6.07) is 0. The monoisotopic (exact) mass is 240 g/mol. The summed E-state index contributed by atoms with van der Waals surface area (Å²) in [4.78, 5) is 0. The third-order valence-electron chi connectivity index (χ3n) is 2.88. The number of likely N-dealkylation sites (N-methyl/N-ethyl adjacent to an activating group) is 1. The molecule has 0 aromatic carbocycles. The van der Waals surface area contributed by atoms with E-state index in [1.165, 1.54) is 6.26 Å². The Kier molecular flexibility index (Phi) is 6.12. The van der Waals surface area contributed by atoms with Crippen molar-refractivity contribution < 1.29 is 12.9 Å². The van der Waals surface area contributed by atoms with Crippen molar-refractivity contribution in [2.24, 2.45) is 0 Å². The quantitative estimate of drug-likeness (QED) is 0.625. The van der Waals surface area contributed by atoms with Crippen molar-refractivity contribution in [3.8, 4) is 0 Å². The molecule has 0 aliphatic carbocycles. The molecule has 86 valence electrons. The smallest absolute Gasteiger partial charge is 0.141 e. The number of quaternary nitrogens is 1. The van der Waals surface area contributed by atoms with E-state index in [0.717, 1.165) is 30.7 Å². The van der Waals surface area contributed by atoms with E-state index >= 15 is 0 Å². The minimum Gasteiger partial charge on any atom is -0.322 e. The minimum atomic E-state index is -2.45. The van der Waals surface area contributed by atoms with E-state index in [1.54, 1.807) is 0 Å². The molecule has 5 heteroatoms. The second-order valence-electron chi connectivity index (χ2n) is 3.54. The molecule has 0 aliphatic rings. The summed E-state index contributed by atoms with van der Waals surface area (Å²) in [5.41, 5.74) is 0. The molecule has 1 unspecified atom stereocenters. The van der Waals surface area contributed by atoms with Crippen LogP contribution in [0.4, 0.5) is 0 Å². The van der Waals surface area contributed by atoms with Crippen molar-refractivity contribution in [2.75, 3.05) is 39.0 Å². The molecule has 3 nitrogen and oxygen atoms in total. The van der Waals surface area contributed by atoms with E-state index in [1.807, 2.05) is 0 Å². The highest BCUT2D eigenvalue weighted by molar-refractivity contribution is 8.29. The molecule has 0 amide bonds. The maximum atomic E-state index is 11.1. The van der Waals surface area contributed by atoms with Crippen molar-refractivity contribution in [1.82, 2.24) is 0 Å². The molecule has 0 radical (unpaired) electrons. The number of hydrogen-bond donors (Lipinski definition) is 0. The van der Waals surface area contributed by atoms with Crippen LogP contribution in [0, 0.1) is 0 Å². The van der Waals surface area contributed by atoms with Gasteiger partial charge in [0.1, 0.15) is 21.9 Å². The molecule has 0 spiro atoms. The molecule has 0 N–H and O–H groups in total. The van der Waals surface area contributed by atoms with Gasteiger partial charge in [0.15, 0.2) is 0 Å². The fourth-order valence-corrected chi connectivity index (χ4v) is 2.11. The van der Waals surface area contributed by atoms with Gasteiger partial charge in [-0.05, 0) is 20.8 Å². The molecule has 0 fully saturated rings. The van der Waals surface area contributed by atoms with Crippen LogP contribution >= 0.6 is 0 Å². The molecule has 0 saturated carbocycles. The summed E-state index contributed by atoms with van der Waals surface area (Å²) >= 11 is 4.68. The lowest BCUT2D eigenvalue weighted by Crippen LogP contribution is -2.49. The zero-order valence-corrected chi connectivity index (χ0v) is 11.2. The third-order valence-corrected chi connectivity index (χ3v) is 3.76. The second-order valence-corrected chi connectivity index (χ2v) is 7.00. The summed E-state index contributed by atoms with van der Waals surface area (Å²) in [5.74, 6) is 0. The van der Waals surface area contributed by atoms with Gasteiger partial charge in [0, 0.05) is 17.4 Å². The van der Waals surface area contributed by atoms with E-state index < -0.39 is 8.77 Å². The Morgan fingerprint density at radius 2 is 1.64 bits per heavy atom. The Bertz CT molecular complexity index is 237. The molecule has 0 aromatic heterocycles. The van der Waals surface area contributed by atoms with Gasteiger partial charge >= 0.3 is 0 Å². The predicted molar refractivity (Wildman–Crippen MR) is 64.1 cm³/mol. The number of rotatable bonds is 7. The second kappa shape index (κ2) is 6.00. The van der Waals surface area contributed by atoms with Crippen LogP contribution in [0.3, 0.4) is 0 Å². The van der Waals surface area contributed by atoms with Gasteiger partial charge in [-0.3, -0.25) is 4.18 Å². The Morgan fingerprint density at radius 3 is 1.93 bits per heavy atom. The van der Waals surface area contributed by atoms with Crippen LogP contribution < -0.4 is 0 Å². The number of nitrogens with zero attached hydrogens (tertiary/aromatic N) is 1. The fraction of sp³-hybridized carbons (Fsp3) is 1.00. The lowest BCUT2D eigenvalue weighted by Gasteiger charge is -2.35. The highest BCUT2D eigenvalue weighted by Crippen LogP contribution is 2.05. The molecule has 0 heterocycles. The van der Waals surface area contributed by atoms with E-state index in [4.69, 9.17) is 4.18 Å². The maximum Gasteiger partial charge on any atom is 0.141 e. The highest BCUT2D eigenvalue weighted by atomic mass is 32.8. The van der Waals surface area contributed by atoms with E-state index in [-0.39, 0.29) is 0 Å². The van der Waals surface area contributed by atoms with Gasteiger partial charge in [-0.25, -0.2) is 4.21 Å². The highest BCUT2D eigenvalue weighted by Gasteiger charge is 2.20. The van der Waals surface area contributed by atoms with Crippen molar-refractivity contribution in [3.05, 3.63) is 0 Å². The first-order chi connectivity index (χ1) is 6.39. The van der Waals surface area contributed by atoms with Crippen LogP contribution in [0.15, 0.2) is 0 Å². The molecule has 0 aliphatic heterocycles. The Morgan fingerprint density at radius 1 is 1.21 bits per heavy atom. The summed E-state index contributed by atoms with van der Waals surface area (Å²) in [6.45, 7) is 11.1. The van der Waals surface area contributed by atoms with Crippen LogP contribution in [0.25, 0.3) is 0 Å². The summed E-state index contributed by atoms with van der Waals surface area (Å²) in [6.07, 6.45) is 1.46. The molecule has 0 saturated heterocycles. The SMILES string of the molecule is CC[N+](CC)(CC)CCOS(C)(=O)=S. The van der Waals surface area contributed by atoms with Crippen LogP contribution in [0.5, 0.6) is 0 Å². The minimum absolute atomic E-state index is 0.494. The Hall–Kier alpha value is 0.290. The first-order valence-electron chi connectivity index (χ1n) is 5.08. The van der Waals surface area contributed by atoms with E-state index in [9.17, 15) is 4.21 Å². The van der Waals surface area contributed by atoms with E-state index in [2.05, 4.69) is 32.0 Å². The van der Waals surface area contributed by atoms with Gasteiger partial charge in [-0.15, -0.1) is 0 Å². The van der Waals surface area contributed by atoms with Crippen LogP contribution in [-0.4, -0.2) is 47.7 Å². The third kappa shape index (κ3) is 5.24. The van der Waals surface area contributed by atoms with Crippen molar-refractivity contribution >= 4 is 20.0 Å². The largest absolute Gasteiger partial charge is 0.322 e. The summed E-state index contributed by atoms with van der Waals surface area (Å²) in [5, 5.41) is 0. The first kappa shape index (κ1) is 14.3. The zero-order chi connectivity index (χ0) is 11.2. The molecule has 0 bridgehead atoms. The molecular weight excluding hydrogens is 218 g/mol. The molecule has 0 aromatic rings. The van der Waals surface area contributed by atoms with Crippen LogP contribution in [0.2, 0.25) is 0 Å². The van der Waals surface area contributed by atoms with Gasteiger partial charge in [0.05, 0.1) is 19.6 Å². The molecular formula is C9H22NO2S2+. The topological polar surface area (TPSA) is 26.3 Å². The summed E-state index contributed by atoms with van der Waals surface area (Å²) < 4.78 is 17.2. The average Bonchev–Trinajstić information content (AvgIpc) is 2.11. The number of hydrogen-bond acceptors (Lipinski definition) is 3. The normalized spacial score (nSPS) is 16.6. The van der Waals surface area contributed by atoms with E-state index in [0.29, 0.717) is 6.61 Å². The lowest BCUT2D eigenvalue weighted by molar-refractivity contribution is -0.923. The van der Waals surface area contributed by atoms with Gasteiger partial charge in [0.2, 0.25) is 0 Å². The van der Waals surface area contributed by atoms with Crippen LogP contribution in [-0.2, 0) is 24.1 Å². The van der Waals surface area contributed by atoms with Gasteiger partial charge in [-0.1, -0.05) is 0 Å². The molecule has 1 atom stereocenters. The molecule has 0 rings (SSSR count). The van der Waals surface area contributed by atoms with Gasteiger partial charge < -0.3 is 4.48 Å². The zero-order valence-electron chi connectivity index (χ0n) is 9.62. The molecule has 14 heavy (non-hydrogen) atoms.